The molecule has 1 N–H and O–H groups in total. The molecule has 0 amide bonds. The first kappa shape index (κ1) is 16.5. The number of nitrogens with one attached hydrogen (secondary N) is 1. The van der Waals surface area contributed by atoms with Crippen molar-refractivity contribution >= 4 is 5.69 Å². The third-order valence-electron chi connectivity index (χ3n) is 4.18. The quantitative estimate of drug-likeness (QED) is 0.789. The van der Waals surface area contributed by atoms with Gasteiger partial charge in [-0.1, -0.05) is 26.0 Å². The van der Waals surface area contributed by atoms with Gasteiger partial charge in [0.05, 0.1) is 6.07 Å². The van der Waals surface area contributed by atoms with Crippen molar-refractivity contribution in [2.75, 3.05) is 25.5 Å². The minimum Gasteiger partial charge on any atom is -0.375 e. The second-order valence-corrected chi connectivity index (χ2v) is 5.34. The zero-order chi connectivity index (χ0) is 15.0. The van der Waals surface area contributed by atoms with Crippen LogP contribution in [-0.2, 0) is 6.42 Å². The molecule has 1 atom stereocenters. The molecule has 1 rings (SSSR count). The molecule has 3 heteroatoms. The van der Waals surface area contributed by atoms with E-state index in [1.807, 2.05) is 7.05 Å². The smallest absolute Gasteiger partial charge is 0.106 e. The summed E-state index contributed by atoms with van der Waals surface area (Å²) in [6.45, 7) is 5.20. The zero-order valence-corrected chi connectivity index (χ0v) is 13.2. The molecule has 3 nitrogen and oxygen atoms in total. The fourth-order valence-corrected chi connectivity index (χ4v) is 2.40. The molecule has 1 unspecified atom stereocenters. The van der Waals surface area contributed by atoms with E-state index in [4.69, 9.17) is 0 Å². The van der Waals surface area contributed by atoms with Crippen molar-refractivity contribution in [2.45, 2.75) is 45.1 Å². The zero-order valence-electron chi connectivity index (χ0n) is 13.2. The molecule has 110 valence electrons. The van der Waals surface area contributed by atoms with Gasteiger partial charge in [-0.2, -0.15) is 5.26 Å². The lowest BCUT2D eigenvalue weighted by Gasteiger charge is -2.26. The Labute approximate surface area is 123 Å². The topological polar surface area (TPSA) is 39.1 Å². The number of hydrogen-bond donors (Lipinski definition) is 1. The van der Waals surface area contributed by atoms with Crippen molar-refractivity contribution < 1.29 is 0 Å². The van der Waals surface area contributed by atoms with Gasteiger partial charge >= 0.3 is 0 Å². The first-order valence-corrected chi connectivity index (χ1v) is 7.51. The molecule has 0 saturated heterocycles. The van der Waals surface area contributed by atoms with E-state index in [-0.39, 0.29) is 5.54 Å². The van der Waals surface area contributed by atoms with Crippen molar-refractivity contribution in [3.63, 3.8) is 0 Å². The average molecular weight is 273 g/mol. The number of nitrogens with zero attached hydrogens (tertiary/aromatic N) is 2. The van der Waals surface area contributed by atoms with E-state index in [9.17, 15) is 5.26 Å². The molecule has 0 radical (unpaired) electrons. The van der Waals surface area contributed by atoms with Gasteiger partial charge in [0.1, 0.15) is 5.54 Å². The monoisotopic (exact) mass is 273 g/mol. The van der Waals surface area contributed by atoms with Gasteiger partial charge in [0.15, 0.2) is 0 Å². The lowest BCUT2D eigenvalue weighted by molar-refractivity contribution is 0.393. The molecule has 0 aliphatic carbocycles. The van der Waals surface area contributed by atoms with Gasteiger partial charge in [-0.05, 0) is 50.4 Å². The Kier molecular flexibility index (Phi) is 6.54. The third-order valence-corrected chi connectivity index (χ3v) is 4.18. The van der Waals surface area contributed by atoms with Gasteiger partial charge in [0.2, 0.25) is 0 Å². The van der Waals surface area contributed by atoms with Crippen molar-refractivity contribution in [1.29, 1.82) is 5.26 Å². The summed E-state index contributed by atoms with van der Waals surface area (Å²) in [5, 5.41) is 12.5. The highest BCUT2D eigenvalue weighted by atomic mass is 15.1. The summed E-state index contributed by atoms with van der Waals surface area (Å²) < 4.78 is 0. The molecule has 0 saturated carbocycles. The van der Waals surface area contributed by atoms with Gasteiger partial charge < -0.3 is 10.2 Å². The maximum absolute atomic E-state index is 9.29. The molecular formula is C17H27N3. The molecule has 0 bridgehead atoms. The molecular weight excluding hydrogens is 246 g/mol. The fourth-order valence-electron chi connectivity index (χ4n) is 2.40. The predicted octanol–water partition coefficient (Wildman–Crippen LogP) is 3.36. The fraction of sp³-hybridized carbons (Fsp3) is 0.588. The van der Waals surface area contributed by atoms with Gasteiger partial charge in [-0.3, -0.25) is 0 Å². The van der Waals surface area contributed by atoms with Crippen LogP contribution in [0.25, 0.3) is 0 Å². The van der Waals surface area contributed by atoms with E-state index in [1.54, 1.807) is 0 Å². The maximum atomic E-state index is 9.29. The van der Waals surface area contributed by atoms with Crippen LogP contribution < -0.4 is 10.2 Å². The molecule has 0 heterocycles. The molecule has 1 aromatic carbocycles. The Morgan fingerprint density at radius 2 is 1.90 bits per heavy atom. The van der Waals surface area contributed by atoms with Crippen LogP contribution in [0.5, 0.6) is 0 Å². The number of anilines is 1. The Balaban J connectivity index is 2.50. The summed E-state index contributed by atoms with van der Waals surface area (Å²) >= 11 is 0. The van der Waals surface area contributed by atoms with Crippen LogP contribution in [0.3, 0.4) is 0 Å². The Morgan fingerprint density at radius 3 is 2.35 bits per heavy atom. The number of rotatable bonds is 8. The summed E-state index contributed by atoms with van der Waals surface area (Å²) in [5.41, 5.74) is 2.24. The first-order chi connectivity index (χ1) is 9.60. The largest absolute Gasteiger partial charge is 0.375 e. The molecule has 1 aromatic rings. The minimum atomic E-state index is -0.368. The van der Waals surface area contributed by atoms with Crippen LogP contribution in [0.1, 0.15) is 38.7 Å². The minimum absolute atomic E-state index is 0.368. The van der Waals surface area contributed by atoms with E-state index in [1.165, 1.54) is 11.3 Å². The van der Waals surface area contributed by atoms with Crippen LogP contribution >= 0.6 is 0 Å². The molecule has 0 spiro atoms. The van der Waals surface area contributed by atoms with Gasteiger partial charge in [0, 0.05) is 19.3 Å². The number of hydrogen-bond acceptors (Lipinski definition) is 3. The van der Waals surface area contributed by atoms with Gasteiger partial charge in [-0.25, -0.2) is 0 Å². The summed E-state index contributed by atoms with van der Waals surface area (Å²) in [7, 11) is 3.99. The van der Waals surface area contributed by atoms with E-state index in [0.717, 1.165) is 32.2 Å². The van der Waals surface area contributed by atoms with Gasteiger partial charge in [-0.15, -0.1) is 0 Å². The van der Waals surface area contributed by atoms with Crippen LogP contribution in [0.15, 0.2) is 24.3 Å². The normalized spacial score (nSPS) is 13.6. The Morgan fingerprint density at radius 1 is 1.25 bits per heavy atom. The highest BCUT2D eigenvalue weighted by Crippen LogP contribution is 2.19. The van der Waals surface area contributed by atoms with Crippen LogP contribution in [-0.4, -0.2) is 26.2 Å². The lowest BCUT2D eigenvalue weighted by atomic mass is 9.92. The molecule has 0 fully saturated rings. The van der Waals surface area contributed by atoms with Crippen molar-refractivity contribution in [3.05, 3.63) is 29.8 Å². The second kappa shape index (κ2) is 7.91. The van der Waals surface area contributed by atoms with E-state index < -0.39 is 0 Å². The van der Waals surface area contributed by atoms with E-state index in [0.29, 0.717) is 0 Å². The SMILES string of the molecule is CCc1ccc(N(C)CCCC(C#N)(CC)NC)cc1. The second-order valence-electron chi connectivity index (χ2n) is 5.34. The molecule has 0 aliphatic rings. The summed E-state index contributed by atoms with van der Waals surface area (Å²) in [4.78, 5) is 2.26. The summed E-state index contributed by atoms with van der Waals surface area (Å²) in [6.07, 6.45) is 3.81. The summed E-state index contributed by atoms with van der Waals surface area (Å²) in [5.74, 6) is 0. The van der Waals surface area contributed by atoms with Crippen molar-refractivity contribution in [1.82, 2.24) is 5.32 Å². The lowest BCUT2D eigenvalue weighted by Crippen LogP contribution is -2.41. The molecule has 0 aromatic heterocycles. The van der Waals surface area contributed by atoms with Crippen LogP contribution in [0.4, 0.5) is 5.69 Å². The average Bonchev–Trinajstić information content (AvgIpc) is 2.52. The predicted molar refractivity (Wildman–Crippen MR) is 86.0 cm³/mol. The summed E-state index contributed by atoms with van der Waals surface area (Å²) in [6, 6.07) is 11.1. The Hall–Kier alpha value is -1.53. The van der Waals surface area contributed by atoms with Crippen LogP contribution in [0, 0.1) is 11.3 Å². The molecule has 0 aliphatic heterocycles. The van der Waals surface area contributed by atoms with Gasteiger partial charge in [0.25, 0.3) is 0 Å². The standard InChI is InChI=1S/C17H27N3/c1-5-15-8-10-16(11-9-15)20(4)13-7-12-17(6-2,14-18)19-3/h8-11,19H,5-7,12-13H2,1-4H3. The number of nitriles is 1. The van der Waals surface area contributed by atoms with Crippen molar-refractivity contribution in [2.24, 2.45) is 0 Å². The number of benzene rings is 1. The highest BCUT2D eigenvalue weighted by molar-refractivity contribution is 5.46. The van der Waals surface area contributed by atoms with Crippen LogP contribution in [0.2, 0.25) is 0 Å². The third kappa shape index (κ3) is 4.25. The maximum Gasteiger partial charge on any atom is 0.106 e. The first-order valence-electron chi connectivity index (χ1n) is 7.51. The Bertz CT molecular complexity index is 427. The van der Waals surface area contributed by atoms with E-state index in [2.05, 4.69) is 61.4 Å². The number of aryl methyl sites for hydroxylation is 1. The molecule has 20 heavy (non-hydrogen) atoms. The highest BCUT2D eigenvalue weighted by Gasteiger charge is 2.24. The van der Waals surface area contributed by atoms with E-state index >= 15 is 0 Å². The van der Waals surface area contributed by atoms with Crippen molar-refractivity contribution in [3.8, 4) is 6.07 Å².